The summed E-state index contributed by atoms with van der Waals surface area (Å²) in [6, 6.07) is 1.10. The Labute approximate surface area is 149 Å². The highest BCUT2D eigenvalue weighted by Gasteiger charge is 2.39. The molecule has 2 unspecified atom stereocenters. The number of hydrogen-bond acceptors (Lipinski definition) is 6. The third-order valence-electron chi connectivity index (χ3n) is 5.16. The van der Waals surface area contributed by atoms with Gasteiger partial charge < -0.3 is 10.2 Å². The van der Waals surface area contributed by atoms with E-state index >= 15 is 0 Å². The standard InChI is InChI=1S/C16H21F3N6O/c17-16(18,19)12-3-4-20-14(22-12)24-5-7-25(8-6-24)15-21-11(10-1-2-10)9-13(26)23-15/h3-4,10-11,15,21H,1-2,5-9H2,(H,23,26). The molecule has 0 aromatic carbocycles. The average molecular weight is 370 g/mol. The topological polar surface area (TPSA) is 73.4 Å². The fraction of sp³-hybridized carbons (Fsp3) is 0.688. The van der Waals surface area contributed by atoms with Crippen molar-refractivity contribution >= 4 is 11.9 Å². The zero-order chi connectivity index (χ0) is 18.3. The van der Waals surface area contributed by atoms with E-state index in [0.717, 1.165) is 12.3 Å². The Morgan fingerprint density at radius 2 is 1.88 bits per heavy atom. The number of carbonyl (C=O) groups is 1. The molecule has 0 spiro atoms. The van der Waals surface area contributed by atoms with Gasteiger partial charge in [-0.15, -0.1) is 0 Å². The van der Waals surface area contributed by atoms with Crippen LogP contribution in [0.25, 0.3) is 0 Å². The highest BCUT2D eigenvalue weighted by atomic mass is 19.4. The first-order valence-corrected chi connectivity index (χ1v) is 8.85. The van der Waals surface area contributed by atoms with Crippen molar-refractivity contribution in [2.24, 2.45) is 5.92 Å². The van der Waals surface area contributed by atoms with Crippen LogP contribution in [0.4, 0.5) is 19.1 Å². The normalized spacial score (nSPS) is 28.1. The molecule has 2 N–H and O–H groups in total. The Hall–Kier alpha value is -1.94. The lowest BCUT2D eigenvalue weighted by molar-refractivity contribution is -0.141. The van der Waals surface area contributed by atoms with Gasteiger partial charge in [-0.3, -0.25) is 15.0 Å². The molecule has 0 bridgehead atoms. The third-order valence-corrected chi connectivity index (χ3v) is 5.16. The molecule has 142 valence electrons. The number of amides is 1. The monoisotopic (exact) mass is 370 g/mol. The maximum Gasteiger partial charge on any atom is 0.433 e. The molecule has 10 heteroatoms. The van der Waals surface area contributed by atoms with E-state index in [9.17, 15) is 18.0 Å². The molecule has 1 aromatic heterocycles. The van der Waals surface area contributed by atoms with Crippen LogP contribution in [-0.4, -0.2) is 59.3 Å². The van der Waals surface area contributed by atoms with E-state index in [0.29, 0.717) is 38.5 Å². The number of alkyl halides is 3. The molecule has 0 radical (unpaired) electrons. The van der Waals surface area contributed by atoms with Gasteiger partial charge in [0.25, 0.3) is 0 Å². The summed E-state index contributed by atoms with van der Waals surface area (Å²) in [7, 11) is 0. The summed E-state index contributed by atoms with van der Waals surface area (Å²) in [5.41, 5.74) is -0.932. The van der Waals surface area contributed by atoms with Crippen molar-refractivity contribution in [2.75, 3.05) is 31.1 Å². The van der Waals surface area contributed by atoms with Gasteiger partial charge in [-0.1, -0.05) is 0 Å². The second-order valence-corrected chi connectivity index (χ2v) is 7.05. The molecule has 26 heavy (non-hydrogen) atoms. The summed E-state index contributed by atoms with van der Waals surface area (Å²) in [6.45, 7) is 2.22. The van der Waals surface area contributed by atoms with Crippen molar-refractivity contribution in [1.82, 2.24) is 25.5 Å². The van der Waals surface area contributed by atoms with E-state index in [1.165, 1.54) is 12.8 Å². The van der Waals surface area contributed by atoms with Gasteiger partial charge in [-0.2, -0.15) is 13.2 Å². The molecule has 1 amide bonds. The minimum atomic E-state index is -4.48. The molecule has 3 heterocycles. The molecule has 1 saturated carbocycles. The van der Waals surface area contributed by atoms with Crippen LogP contribution < -0.4 is 15.5 Å². The summed E-state index contributed by atoms with van der Waals surface area (Å²) < 4.78 is 38.5. The summed E-state index contributed by atoms with van der Waals surface area (Å²) in [5.74, 6) is 0.730. The second kappa shape index (κ2) is 6.66. The molecule has 7 nitrogen and oxygen atoms in total. The lowest BCUT2D eigenvalue weighted by Gasteiger charge is -2.43. The summed E-state index contributed by atoms with van der Waals surface area (Å²) in [4.78, 5) is 23.4. The first kappa shape index (κ1) is 17.5. The highest BCUT2D eigenvalue weighted by molar-refractivity contribution is 5.77. The predicted octanol–water partition coefficient (Wildman–Crippen LogP) is 0.789. The molecule has 2 aliphatic heterocycles. The van der Waals surface area contributed by atoms with E-state index in [1.54, 1.807) is 4.90 Å². The minimum absolute atomic E-state index is 0.0503. The fourth-order valence-corrected chi connectivity index (χ4v) is 3.55. The van der Waals surface area contributed by atoms with E-state index in [4.69, 9.17) is 0 Å². The van der Waals surface area contributed by atoms with Crippen LogP contribution in [0.1, 0.15) is 25.0 Å². The first-order chi connectivity index (χ1) is 12.4. The second-order valence-electron chi connectivity index (χ2n) is 7.05. The van der Waals surface area contributed by atoms with Crippen LogP contribution in [-0.2, 0) is 11.0 Å². The van der Waals surface area contributed by atoms with Crippen molar-refractivity contribution in [3.8, 4) is 0 Å². The maximum absolute atomic E-state index is 12.8. The van der Waals surface area contributed by atoms with Crippen molar-refractivity contribution in [1.29, 1.82) is 0 Å². The molecule has 1 aliphatic carbocycles. The van der Waals surface area contributed by atoms with E-state index in [-0.39, 0.29) is 24.2 Å². The van der Waals surface area contributed by atoms with Gasteiger partial charge in [0.2, 0.25) is 11.9 Å². The number of halogens is 3. The van der Waals surface area contributed by atoms with Gasteiger partial charge in [-0.05, 0) is 24.8 Å². The zero-order valence-electron chi connectivity index (χ0n) is 14.2. The molecular formula is C16H21F3N6O. The average Bonchev–Trinajstić information content (AvgIpc) is 3.46. The number of nitrogens with one attached hydrogen (secondary N) is 2. The van der Waals surface area contributed by atoms with Crippen LogP contribution in [0.5, 0.6) is 0 Å². The molecule has 3 fully saturated rings. The Morgan fingerprint density at radius 3 is 2.54 bits per heavy atom. The SMILES string of the molecule is O=C1CC(C2CC2)NC(N2CCN(c3nccc(C(F)(F)F)n3)CC2)N1. The zero-order valence-corrected chi connectivity index (χ0v) is 14.2. The minimum Gasteiger partial charge on any atom is -0.338 e. The highest BCUT2D eigenvalue weighted by Crippen LogP contribution is 2.35. The van der Waals surface area contributed by atoms with Crippen LogP contribution in [0.15, 0.2) is 12.3 Å². The Bertz CT molecular complexity index is 672. The van der Waals surface area contributed by atoms with Gasteiger partial charge in [-0.25, -0.2) is 9.97 Å². The number of hydrogen-bond donors (Lipinski definition) is 2. The molecule has 2 atom stereocenters. The fourth-order valence-electron chi connectivity index (χ4n) is 3.55. The van der Waals surface area contributed by atoms with Gasteiger partial charge in [0.05, 0.1) is 0 Å². The maximum atomic E-state index is 12.8. The van der Waals surface area contributed by atoms with Crippen LogP contribution in [0, 0.1) is 5.92 Å². The smallest absolute Gasteiger partial charge is 0.338 e. The third kappa shape index (κ3) is 3.75. The lowest BCUT2D eigenvalue weighted by Crippen LogP contribution is -2.67. The Morgan fingerprint density at radius 1 is 1.15 bits per heavy atom. The van der Waals surface area contributed by atoms with Crippen molar-refractivity contribution in [3.63, 3.8) is 0 Å². The van der Waals surface area contributed by atoms with Crippen molar-refractivity contribution in [2.45, 2.75) is 37.8 Å². The van der Waals surface area contributed by atoms with E-state index in [1.807, 2.05) is 0 Å². The first-order valence-electron chi connectivity index (χ1n) is 8.85. The largest absolute Gasteiger partial charge is 0.433 e. The molecule has 3 aliphatic rings. The van der Waals surface area contributed by atoms with Crippen LogP contribution >= 0.6 is 0 Å². The van der Waals surface area contributed by atoms with Gasteiger partial charge >= 0.3 is 6.18 Å². The van der Waals surface area contributed by atoms with Crippen LogP contribution in [0.3, 0.4) is 0 Å². The van der Waals surface area contributed by atoms with Crippen LogP contribution in [0.2, 0.25) is 0 Å². The van der Waals surface area contributed by atoms with Gasteiger partial charge in [0.1, 0.15) is 12.0 Å². The number of carbonyl (C=O) groups excluding carboxylic acids is 1. The summed E-state index contributed by atoms with van der Waals surface area (Å²) >= 11 is 0. The van der Waals surface area contributed by atoms with Gasteiger partial charge in [0, 0.05) is 44.8 Å². The number of piperazine rings is 1. The number of anilines is 1. The summed E-state index contributed by atoms with van der Waals surface area (Å²) in [5, 5.41) is 6.45. The molecule has 2 saturated heterocycles. The predicted molar refractivity (Wildman–Crippen MR) is 87.0 cm³/mol. The lowest BCUT2D eigenvalue weighted by atomic mass is 10.1. The van der Waals surface area contributed by atoms with Crippen molar-refractivity contribution in [3.05, 3.63) is 18.0 Å². The summed E-state index contributed by atoms with van der Waals surface area (Å²) in [6.07, 6.45) is -0.712. The molecule has 4 rings (SSSR count). The van der Waals surface area contributed by atoms with E-state index < -0.39 is 11.9 Å². The Kier molecular flexibility index (Phi) is 4.47. The quantitative estimate of drug-likeness (QED) is 0.820. The van der Waals surface area contributed by atoms with Gasteiger partial charge in [0.15, 0.2) is 0 Å². The van der Waals surface area contributed by atoms with Crippen molar-refractivity contribution < 1.29 is 18.0 Å². The number of aromatic nitrogens is 2. The number of rotatable bonds is 3. The molecular weight excluding hydrogens is 349 g/mol. The Balaban J connectivity index is 1.37. The number of nitrogens with zero attached hydrogens (tertiary/aromatic N) is 4. The molecule has 1 aromatic rings. The van der Waals surface area contributed by atoms with E-state index in [2.05, 4.69) is 25.5 Å².